The van der Waals surface area contributed by atoms with Crippen LogP contribution in [0.2, 0.25) is 0 Å². The molecule has 2 aliphatic heterocycles. The van der Waals surface area contributed by atoms with Gasteiger partial charge in [-0.1, -0.05) is 18.2 Å². The SMILES string of the molecule is CC(C)(C)OC(=O)NC1CCN(Cc2ccc(-n3c(-c4cccnc4N)nc4ccc(C5=CCOCC5)nc43)cc2)CC1. The average molecular weight is 582 g/mol. The van der Waals surface area contributed by atoms with Gasteiger partial charge in [-0.15, -0.1) is 0 Å². The number of hydrogen-bond acceptors (Lipinski definition) is 8. The van der Waals surface area contributed by atoms with Gasteiger partial charge in [0.25, 0.3) is 0 Å². The fourth-order valence-electron chi connectivity index (χ4n) is 5.65. The summed E-state index contributed by atoms with van der Waals surface area (Å²) in [6, 6.07) is 16.6. The number of rotatable bonds is 6. The van der Waals surface area contributed by atoms with Gasteiger partial charge in [0.2, 0.25) is 0 Å². The largest absolute Gasteiger partial charge is 0.444 e. The normalized spacial score (nSPS) is 16.7. The number of nitrogens with one attached hydrogen (secondary N) is 1. The van der Waals surface area contributed by atoms with Gasteiger partial charge in [0, 0.05) is 37.6 Å². The van der Waals surface area contributed by atoms with Crippen LogP contribution < -0.4 is 11.1 Å². The smallest absolute Gasteiger partial charge is 0.407 e. The summed E-state index contributed by atoms with van der Waals surface area (Å²) < 4.78 is 13.0. The number of aromatic nitrogens is 4. The molecular weight excluding hydrogens is 542 g/mol. The van der Waals surface area contributed by atoms with Crippen molar-refractivity contribution >= 4 is 28.6 Å². The Morgan fingerprint density at radius 1 is 1.09 bits per heavy atom. The Labute approximate surface area is 251 Å². The van der Waals surface area contributed by atoms with Gasteiger partial charge < -0.3 is 20.5 Å². The number of imidazole rings is 1. The number of carbonyl (C=O) groups is 1. The Morgan fingerprint density at radius 3 is 2.58 bits per heavy atom. The first-order valence-electron chi connectivity index (χ1n) is 14.9. The molecule has 6 rings (SSSR count). The molecule has 1 fully saturated rings. The molecule has 10 heteroatoms. The zero-order valence-corrected chi connectivity index (χ0v) is 25.0. The van der Waals surface area contributed by atoms with Crippen LogP contribution in [-0.2, 0) is 16.0 Å². The average Bonchev–Trinajstić information content (AvgIpc) is 3.37. The van der Waals surface area contributed by atoms with Gasteiger partial charge in [-0.2, -0.15) is 0 Å². The molecule has 3 N–H and O–H groups in total. The van der Waals surface area contributed by atoms with Gasteiger partial charge in [-0.05, 0) is 87.6 Å². The molecule has 4 aromatic rings. The molecule has 1 aromatic carbocycles. The molecule has 1 saturated heterocycles. The van der Waals surface area contributed by atoms with Crippen LogP contribution in [0.4, 0.5) is 10.6 Å². The molecule has 224 valence electrons. The third-order valence-electron chi connectivity index (χ3n) is 7.79. The van der Waals surface area contributed by atoms with Crippen LogP contribution in [0.5, 0.6) is 0 Å². The Morgan fingerprint density at radius 2 is 1.88 bits per heavy atom. The number of hydrogen-bond donors (Lipinski definition) is 2. The fraction of sp³-hybridized carbons (Fsp3) is 0.394. The van der Waals surface area contributed by atoms with Crippen molar-refractivity contribution in [2.75, 3.05) is 32.0 Å². The van der Waals surface area contributed by atoms with Crippen molar-refractivity contribution in [1.82, 2.24) is 29.7 Å². The Kier molecular flexibility index (Phi) is 8.14. The van der Waals surface area contributed by atoms with Crippen LogP contribution in [-0.4, -0.2) is 68.5 Å². The number of piperidine rings is 1. The standard InChI is InChI=1S/C33H39N7O3/c1-33(2,3)43-32(41)36-24-12-17-39(18-13-24)21-22-6-8-25(9-7-22)40-30(26-5-4-16-35-29(26)34)38-28-11-10-27(37-31(28)40)23-14-19-42-20-15-23/h4-11,14,16,24H,12-13,15,17-21H2,1-3H3,(H2,34,35)(H,36,41). The third-order valence-corrected chi connectivity index (χ3v) is 7.79. The Balaban J connectivity index is 1.22. The van der Waals surface area contributed by atoms with Gasteiger partial charge in [-0.3, -0.25) is 9.47 Å². The lowest BCUT2D eigenvalue weighted by Gasteiger charge is -2.32. The molecule has 1 amide bonds. The van der Waals surface area contributed by atoms with E-state index in [1.54, 1.807) is 6.20 Å². The summed E-state index contributed by atoms with van der Waals surface area (Å²) in [5, 5.41) is 3.02. The van der Waals surface area contributed by atoms with Crippen LogP contribution >= 0.6 is 0 Å². The first-order chi connectivity index (χ1) is 20.7. The fourth-order valence-corrected chi connectivity index (χ4v) is 5.65. The minimum Gasteiger partial charge on any atom is -0.444 e. The van der Waals surface area contributed by atoms with Gasteiger partial charge in [0.1, 0.15) is 16.9 Å². The molecule has 0 saturated carbocycles. The number of carbonyl (C=O) groups excluding carboxylic acids is 1. The number of nitrogens with two attached hydrogens (primary N) is 1. The third kappa shape index (κ3) is 6.71. The summed E-state index contributed by atoms with van der Waals surface area (Å²) in [6.07, 6.45) is 6.06. The van der Waals surface area contributed by atoms with Crippen LogP contribution in [0.1, 0.15) is 51.3 Å². The van der Waals surface area contributed by atoms with E-state index < -0.39 is 5.60 Å². The highest BCUT2D eigenvalue weighted by Crippen LogP contribution is 2.32. The van der Waals surface area contributed by atoms with Crippen molar-refractivity contribution in [1.29, 1.82) is 0 Å². The Hall–Kier alpha value is -4.28. The number of nitrogens with zero attached hydrogens (tertiary/aromatic N) is 5. The maximum absolute atomic E-state index is 12.2. The monoisotopic (exact) mass is 581 g/mol. The highest BCUT2D eigenvalue weighted by molar-refractivity contribution is 5.84. The minimum atomic E-state index is -0.494. The molecule has 43 heavy (non-hydrogen) atoms. The first kappa shape index (κ1) is 28.8. The lowest BCUT2D eigenvalue weighted by Crippen LogP contribution is -2.45. The van der Waals surface area contributed by atoms with E-state index in [-0.39, 0.29) is 12.1 Å². The van der Waals surface area contributed by atoms with E-state index in [2.05, 4.69) is 50.1 Å². The molecule has 10 nitrogen and oxygen atoms in total. The zero-order valence-electron chi connectivity index (χ0n) is 25.0. The summed E-state index contributed by atoms with van der Waals surface area (Å²) in [6.45, 7) is 9.59. The first-order valence-corrected chi connectivity index (χ1v) is 14.9. The van der Waals surface area contributed by atoms with Crippen molar-refractivity contribution in [3.05, 3.63) is 72.1 Å². The summed E-state index contributed by atoms with van der Waals surface area (Å²) in [5.74, 6) is 1.13. The lowest BCUT2D eigenvalue weighted by atomic mass is 10.0. The number of ether oxygens (including phenoxy) is 2. The molecule has 5 heterocycles. The number of alkyl carbamates (subject to hydrolysis) is 1. The highest BCUT2D eigenvalue weighted by Gasteiger charge is 2.24. The van der Waals surface area contributed by atoms with E-state index in [4.69, 9.17) is 25.2 Å². The van der Waals surface area contributed by atoms with Gasteiger partial charge >= 0.3 is 6.09 Å². The molecule has 0 spiro atoms. The number of nitrogen functional groups attached to an aromatic ring is 1. The number of benzene rings is 1. The maximum atomic E-state index is 12.2. The zero-order chi connectivity index (χ0) is 30.0. The number of pyridine rings is 2. The second kappa shape index (κ2) is 12.1. The molecular formula is C33H39N7O3. The van der Waals surface area contributed by atoms with E-state index in [1.165, 1.54) is 11.1 Å². The summed E-state index contributed by atoms with van der Waals surface area (Å²) >= 11 is 0. The number of amides is 1. The number of anilines is 1. The van der Waals surface area contributed by atoms with Crippen LogP contribution in [0.3, 0.4) is 0 Å². The molecule has 2 aliphatic rings. The van der Waals surface area contributed by atoms with Crippen LogP contribution in [0, 0.1) is 0 Å². The van der Waals surface area contributed by atoms with Gasteiger partial charge in [0.05, 0.1) is 24.5 Å². The maximum Gasteiger partial charge on any atom is 0.407 e. The highest BCUT2D eigenvalue weighted by atomic mass is 16.6. The number of likely N-dealkylation sites (tertiary alicyclic amines) is 1. The van der Waals surface area contributed by atoms with Crippen molar-refractivity contribution in [2.24, 2.45) is 0 Å². The summed E-state index contributed by atoms with van der Waals surface area (Å²) in [4.78, 5) is 28.9. The molecule has 0 unspecified atom stereocenters. The van der Waals surface area contributed by atoms with Crippen molar-refractivity contribution in [2.45, 2.75) is 58.2 Å². The minimum absolute atomic E-state index is 0.135. The molecule has 0 aliphatic carbocycles. The molecule has 3 aromatic heterocycles. The van der Waals surface area contributed by atoms with Gasteiger partial charge in [0.15, 0.2) is 11.5 Å². The second-order valence-electron chi connectivity index (χ2n) is 12.2. The predicted octanol–water partition coefficient (Wildman–Crippen LogP) is 5.36. The number of fused-ring (bicyclic) bond motifs is 1. The van der Waals surface area contributed by atoms with Crippen LogP contribution in [0.15, 0.2) is 60.8 Å². The van der Waals surface area contributed by atoms with Crippen molar-refractivity contribution < 1.29 is 14.3 Å². The van der Waals surface area contributed by atoms with E-state index in [0.29, 0.717) is 24.9 Å². The predicted molar refractivity (Wildman–Crippen MR) is 168 cm³/mol. The van der Waals surface area contributed by atoms with Crippen molar-refractivity contribution in [3.63, 3.8) is 0 Å². The quantitative estimate of drug-likeness (QED) is 0.312. The van der Waals surface area contributed by atoms with E-state index >= 15 is 0 Å². The summed E-state index contributed by atoms with van der Waals surface area (Å²) in [5.41, 5.74) is 12.4. The van der Waals surface area contributed by atoms with Crippen LogP contribution in [0.25, 0.3) is 33.8 Å². The lowest BCUT2D eigenvalue weighted by molar-refractivity contribution is 0.0477. The summed E-state index contributed by atoms with van der Waals surface area (Å²) in [7, 11) is 0. The topological polar surface area (TPSA) is 120 Å². The van der Waals surface area contributed by atoms with E-state index in [1.807, 2.05) is 45.0 Å². The Bertz CT molecular complexity index is 1630. The molecule has 0 atom stereocenters. The molecule has 0 bridgehead atoms. The van der Waals surface area contributed by atoms with Gasteiger partial charge in [-0.25, -0.2) is 19.7 Å². The molecule has 0 radical (unpaired) electrons. The second-order valence-corrected chi connectivity index (χ2v) is 12.2. The van der Waals surface area contributed by atoms with E-state index in [0.717, 1.165) is 67.0 Å². The van der Waals surface area contributed by atoms with E-state index in [9.17, 15) is 4.79 Å². The van der Waals surface area contributed by atoms with Crippen molar-refractivity contribution in [3.8, 4) is 17.1 Å².